The van der Waals surface area contributed by atoms with Gasteiger partial charge in [0.1, 0.15) is 5.82 Å². The zero-order valence-electron chi connectivity index (χ0n) is 8.67. The van der Waals surface area contributed by atoms with Gasteiger partial charge in [0.15, 0.2) is 0 Å². The van der Waals surface area contributed by atoms with Crippen LogP contribution in [-0.2, 0) is 6.18 Å². The molecule has 0 radical (unpaired) electrons. The molecule has 0 aliphatic rings. The molecule has 0 atom stereocenters. The SMILES string of the molecule is Nc1cc(F)c(Br)cc1-n1cc(C(F)(F)F)cn1. The molecule has 1 heterocycles. The normalized spacial score (nSPS) is 11.8. The summed E-state index contributed by atoms with van der Waals surface area (Å²) in [5.74, 6) is -0.598. The van der Waals surface area contributed by atoms with Gasteiger partial charge in [0.2, 0.25) is 0 Å². The fourth-order valence-corrected chi connectivity index (χ4v) is 1.68. The molecular weight excluding hydrogens is 318 g/mol. The monoisotopic (exact) mass is 323 g/mol. The van der Waals surface area contributed by atoms with Gasteiger partial charge < -0.3 is 5.73 Å². The molecule has 2 aromatic rings. The lowest BCUT2D eigenvalue weighted by Crippen LogP contribution is -2.04. The van der Waals surface area contributed by atoms with E-state index in [4.69, 9.17) is 5.73 Å². The number of rotatable bonds is 1. The molecule has 0 spiro atoms. The van der Waals surface area contributed by atoms with Crippen LogP contribution in [0.4, 0.5) is 23.2 Å². The third kappa shape index (κ3) is 2.33. The molecule has 0 aliphatic heterocycles. The van der Waals surface area contributed by atoms with Gasteiger partial charge in [-0.2, -0.15) is 18.3 Å². The quantitative estimate of drug-likeness (QED) is 0.646. The third-order valence-electron chi connectivity index (χ3n) is 2.23. The highest BCUT2D eigenvalue weighted by atomic mass is 79.9. The highest BCUT2D eigenvalue weighted by molar-refractivity contribution is 9.10. The summed E-state index contributed by atoms with van der Waals surface area (Å²) >= 11 is 2.93. The number of hydrogen-bond donors (Lipinski definition) is 1. The molecule has 0 fully saturated rings. The van der Waals surface area contributed by atoms with Gasteiger partial charge >= 0.3 is 6.18 Å². The lowest BCUT2D eigenvalue weighted by Gasteiger charge is -2.07. The summed E-state index contributed by atoms with van der Waals surface area (Å²) in [5.41, 5.74) is 4.80. The van der Waals surface area contributed by atoms with Crippen LogP contribution in [0.5, 0.6) is 0 Å². The summed E-state index contributed by atoms with van der Waals surface area (Å²) < 4.78 is 51.4. The van der Waals surface area contributed by atoms with Crippen molar-refractivity contribution in [2.24, 2.45) is 0 Å². The number of halogens is 5. The van der Waals surface area contributed by atoms with Crippen molar-refractivity contribution in [1.29, 1.82) is 0 Å². The largest absolute Gasteiger partial charge is 0.419 e. The van der Waals surface area contributed by atoms with Crippen molar-refractivity contribution in [2.45, 2.75) is 6.18 Å². The summed E-state index contributed by atoms with van der Waals surface area (Å²) in [6.45, 7) is 0. The minimum absolute atomic E-state index is 0.00692. The van der Waals surface area contributed by atoms with Crippen molar-refractivity contribution < 1.29 is 17.6 Å². The average Bonchev–Trinajstić information content (AvgIpc) is 2.72. The number of nitrogens with two attached hydrogens (primary N) is 1. The lowest BCUT2D eigenvalue weighted by atomic mass is 10.2. The third-order valence-corrected chi connectivity index (χ3v) is 2.83. The van der Waals surface area contributed by atoms with Crippen LogP contribution < -0.4 is 5.73 Å². The molecule has 0 saturated carbocycles. The van der Waals surface area contributed by atoms with Crippen LogP contribution in [0.3, 0.4) is 0 Å². The molecule has 2 rings (SSSR count). The van der Waals surface area contributed by atoms with Crippen LogP contribution in [0.25, 0.3) is 5.69 Å². The Labute approximate surface area is 107 Å². The van der Waals surface area contributed by atoms with Gasteiger partial charge in [-0.3, -0.25) is 0 Å². The highest BCUT2D eigenvalue weighted by Gasteiger charge is 2.32. The molecule has 0 saturated heterocycles. The fourth-order valence-electron chi connectivity index (χ4n) is 1.35. The van der Waals surface area contributed by atoms with Gasteiger partial charge in [-0.05, 0) is 22.0 Å². The number of nitrogens with zero attached hydrogens (tertiary/aromatic N) is 2. The summed E-state index contributed by atoms with van der Waals surface area (Å²) in [7, 11) is 0. The Bertz CT molecular complexity index is 591. The second-order valence-electron chi connectivity index (χ2n) is 3.50. The average molecular weight is 324 g/mol. The standard InChI is InChI=1S/C10H6BrF4N3/c11-6-1-9(8(16)2-7(6)12)18-4-5(3-17-18)10(13,14)15/h1-4H,16H2. The van der Waals surface area contributed by atoms with Gasteiger partial charge in [0.25, 0.3) is 0 Å². The Kier molecular flexibility index (Phi) is 3.05. The van der Waals surface area contributed by atoms with Crippen molar-refractivity contribution in [3.05, 3.63) is 40.4 Å². The topological polar surface area (TPSA) is 43.8 Å². The van der Waals surface area contributed by atoms with E-state index in [9.17, 15) is 17.6 Å². The molecule has 3 nitrogen and oxygen atoms in total. The summed E-state index contributed by atoms with van der Waals surface area (Å²) in [4.78, 5) is 0. The maximum Gasteiger partial charge on any atom is 0.419 e. The Morgan fingerprint density at radius 1 is 1.28 bits per heavy atom. The minimum Gasteiger partial charge on any atom is -0.397 e. The molecule has 0 unspecified atom stereocenters. The second-order valence-corrected chi connectivity index (χ2v) is 4.35. The van der Waals surface area contributed by atoms with E-state index in [2.05, 4.69) is 21.0 Å². The first-order chi connectivity index (χ1) is 8.29. The fraction of sp³-hybridized carbons (Fsp3) is 0.100. The van der Waals surface area contributed by atoms with E-state index in [1.807, 2.05) is 0 Å². The number of nitrogen functional groups attached to an aromatic ring is 1. The van der Waals surface area contributed by atoms with Crippen LogP contribution in [0.2, 0.25) is 0 Å². The summed E-state index contributed by atoms with van der Waals surface area (Å²) in [6.07, 6.45) is -3.02. The maximum absolute atomic E-state index is 13.1. The Hall–Kier alpha value is -1.57. The van der Waals surface area contributed by atoms with Gasteiger partial charge in [0, 0.05) is 12.3 Å². The van der Waals surface area contributed by atoms with E-state index < -0.39 is 17.6 Å². The van der Waals surface area contributed by atoms with Crippen molar-refractivity contribution in [3.63, 3.8) is 0 Å². The molecule has 0 bridgehead atoms. The number of anilines is 1. The van der Waals surface area contributed by atoms with Crippen LogP contribution in [0.1, 0.15) is 5.56 Å². The Morgan fingerprint density at radius 3 is 2.50 bits per heavy atom. The van der Waals surface area contributed by atoms with Gasteiger partial charge in [-0.25, -0.2) is 9.07 Å². The predicted molar refractivity (Wildman–Crippen MR) is 60.6 cm³/mol. The minimum atomic E-state index is -4.48. The molecule has 0 aliphatic carbocycles. The van der Waals surface area contributed by atoms with E-state index in [1.54, 1.807) is 0 Å². The van der Waals surface area contributed by atoms with Crippen LogP contribution in [-0.4, -0.2) is 9.78 Å². The zero-order chi connectivity index (χ0) is 13.5. The maximum atomic E-state index is 13.1. The van der Waals surface area contributed by atoms with Crippen molar-refractivity contribution in [3.8, 4) is 5.69 Å². The molecule has 1 aromatic heterocycles. The molecule has 2 N–H and O–H groups in total. The van der Waals surface area contributed by atoms with E-state index in [0.717, 1.165) is 16.9 Å². The van der Waals surface area contributed by atoms with E-state index >= 15 is 0 Å². The molecule has 8 heteroatoms. The first-order valence-corrected chi connectivity index (χ1v) is 5.45. The smallest absolute Gasteiger partial charge is 0.397 e. The van der Waals surface area contributed by atoms with Crippen LogP contribution in [0.15, 0.2) is 29.0 Å². The first kappa shape index (κ1) is 12.9. The summed E-state index contributed by atoms with van der Waals surface area (Å²) in [5, 5.41) is 3.56. The van der Waals surface area contributed by atoms with Crippen molar-refractivity contribution in [2.75, 3.05) is 5.73 Å². The Morgan fingerprint density at radius 2 is 1.94 bits per heavy atom. The molecule has 1 aromatic carbocycles. The van der Waals surface area contributed by atoms with Gasteiger partial charge in [-0.1, -0.05) is 0 Å². The molecule has 18 heavy (non-hydrogen) atoms. The van der Waals surface area contributed by atoms with Gasteiger partial charge in [0.05, 0.1) is 27.6 Å². The van der Waals surface area contributed by atoms with E-state index in [-0.39, 0.29) is 15.8 Å². The van der Waals surface area contributed by atoms with Gasteiger partial charge in [-0.15, -0.1) is 0 Å². The zero-order valence-corrected chi connectivity index (χ0v) is 10.3. The number of hydrogen-bond acceptors (Lipinski definition) is 2. The van der Waals surface area contributed by atoms with Crippen molar-refractivity contribution in [1.82, 2.24) is 9.78 Å². The number of alkyl halides is 3. The number of aromatic nitrogens is 2. The molecular formula is C10H6BrF4N3. The first-order valence-electron chi connectivity index (χ1n) is 4.66. The van der Waals surface area contributed by atoms with E-state index in [0.29, 0.717) is 6.20 Å². The molecule has 96 valence electrons. The van der Waals surface area contributed by atoms with Crippen LogP contribution in [0, 0.1) is 5.82 Å². The Balaban J connectivity index is 2.50. The van der Waals surface area contributed by atoms with Crippen molar-refractivity contribution >= 4 is 21.6 Å². The second kappa shape index (κ2) is 4.27. The lowest BCUT2D eigenvalue weighted by molar-refractivity contribution is -0.137. The number of benzene rings is 1. The van der Waals surface area contributed by atoms with E-state index in [1.165, 1.54) is 6.07 Å². The highest BCUT2D eigenvalue weighted by Crippen LogP contribution is 2.31. The molecule has 0 amide bonds. The predicted octanol–water partition coefficient (Wildman–Crippen LogP) is 3.37. The van der Waals surface area contributed by atoms with Crippen LogP contribution >= 0.6 is 15.9 Å². The summed E-state index contributed by atoms with van der Waals surface area (Å²) in [6, 6.07) is 2.27.